The Bertz CT molecular complexity index is 4880. The molecule has 23 nitrogen and oxygen atoms in total. The number of nitrogens with zero attached hydrogens (tertiary/aromatic N) is 15. The third-order valence-corrected chi connectivity index (χ3v) is 17.6. The van der Waals surface area contributed by atoms with Gasteiger partial charge in [0.1, 0.15) is 33.8 Å². The summed E-state index contributed by atoms with van der Waals surface area (Å²) in [6.07, 6.45) is 6.04. The highest BCUT2D eigenvalue weighted by Gasteiger charge is 2.23. The normalized spacial score (nSPS) is 11.3. The lowest BCUT2D eigenvalue weighted by Crippen LogP contribution is -2.21. The Labute approximate surface area is 534 Å². The van der Waals surface area contributed by atoms with Crippen LogP contribution in [0.15, 0.2) is 187 Å². The topological polar surface area (TPSA) is 313 Å². The maximum atomic E-state index is 12.5. The van der Waals surface area contributed by atoms with E-state index in [2.05, 4.69) is 68.2 Å². The fraction of sp³-hybridized carbons (Fsp3) is 0.154. The molecule has 0 saturated carbocycles. The Morgan fingerprint density at radius 2 is 1.02 bits per heavy atom. The van der Waals surface area contributed by atoms with Crippen molar-refractivity contribution in [3.8, 4) is 114 Å². The summed E-state index contributed by atoms with van der Waals surface area (Å²) in [6, 6.07) is 40.9. The highest BCUT2D eigenvalue weighted by atomic mass is 32.2. The molecular formula is C65H65N15O8S3. The second-order valence-electron chi connectivity index (χ2n) is 20.8. The number of hydrogen-bond donors (Lipinski definition) is 1. The van der Waals surface area contributed by atoms with Gasteiger partial charge in [-0.05, 0) is 106 Å². The van der Waals surface area contributed by atoms with E-state index in [4.69, 9.17) is 18.2 Å². The molecule has 91 heavy (non-hydrogen) atoms. The molecule has 0 bridgehead atoms. The fourth-order valence-electron chi connectivity index (χ4n) is 8.74. The Balaban J connectivity index is 0.000000222. The molecule has 1 N–H and O–H groups in total. The quantitative estimate of drug-likeness (QED) is 0.0939. The number of phenolic OH excluding ortho intramolecular Hbond substituents is 1. The average Bonchev–Trinajstić information content (AvgIpc) is 1.79. The van der Waals surface area contributed by atoms with Gasteiger partial charge in [0.25, 0.3) is 23.6 Å². The van der Waals surface area contributed by atoms with Crippen LogP contribution in [-0.2, 0) is 19.7 Å². The predicted molar refractivity (Wildman–Crippen MR) is 352 cm³/mol. The second-order valence-corrected chi connectivity index (χ2v) is 25.8. The van der Waals surface area contributed by atoms with Gasteiger partial charge in [0.2, 0.25) is 11.8 Å². The summed E-state index contributed by atoms with van der Waals surface area (Å²) in [5.74, 6) is 1.87. The van der Waals surface area contributed by atoms with Crippen molar-refractivity contribution in [2.24, 2.45) is 0 Å². The number of aromatic hydroxyl groups is 1. The standard InChI is InChI=1S/C23H23N5O4S.C22H18N6OS.C20H16N4O3S.4H2/c1-15-21(23-27-26-22(32-23)17-4-8-18(29)9-5-17)25-20(14-24-15)16-6-10-19(11-7-16)33(30,31)13-12-28(2)3;1-13-19(21-26-27-22(29-21)20-17(11-23)9-10-30-20)25-18(12-24-13)16-7-5-15(6-8-16)14(2)28(3)4;1-13-18(20-24-23-19(27-20)14-8-4-3-5-9-14)22-16(12-21-13)15-10-6-7-11-17(15)28(2,25)26;;;;/h4-11,14,29H,12-13H2,1-3H3;5-10,12H,2H2,1,3-4H3;3-12H,1-2H3;4*1H. The van der Waals surface area contributed by atoms with Crippen LogP contribution in [-0.4, -0.2) is 139 Å². The third kappa shape index (κ3) is 14.8. The number of thiophene rings is 1. The van der Waals surface area contributed by atoms with Crippen molar-refractivity contribution in [2.45, 2.75) is 30.6 Å². The van der Waals surface area contributed by atoms with E-state index in [0.29, 0.717) is 103 Å². The van der Waals surface area contributed by atoms with Crippen LogP contribution >= 0.6 is 11.3 Å². The first-order valence-electron chi connectivity index (χ1n) is 27.7. The van der Waals surface area contributed by atoms with Crippen molar-refractivity contribution in [2.75, 3.05) is 46.7 Å². The van der Waals surface area contributed by atoms with Crippen molar-refractivity contribution in [3.05, 3.63) is 192 Å². The Morgan fingerprint density at radius 1 is 0.571 bits per heavy atom. The third-order valence-electron chi connectivity index (χ3n) is 13.8. The number of rotatable bonds is 16. The van der Waals surface area contributed by atoms with Crippen molar-refractivity contribution in [1.82, 2.24) is 70.3 Å². The van der Waals surface area contributed by atoms with Gasteiger partial charge in [0, 0.05) is 66.1 Å². The van der Waals surface area contributed by atoms with Crippen LogP contribution in [0.5, 0.6) is 5.75 Å². The van der Waals surface area contributed by atoms with E-state index >= 15 is 0 Å². The molecule has 7 aromatic heterocycles. The van der Waals surface area contributed by atoms with Crippen molar-refractivity contribution < 1.29 is 40.9 Å². The maximum absolute atomic E-state index is 12.5. The average molecular weight is 1280 g/mol. The molecule has 0 aliphatic carbocycles. The largest absolute Gasteiger partial charge is 0.508 e. The molecule has 0 amide bonds. The van der Waals surface area contributed by atoms with Gasteiger partial charge in [-0.25, -0.2) is 31.8 Å². The molecule has 0 aliphatic heterocycles. The van der Waals surface area contributed by atoms with E-state index in [9.17, 15) is 27.2 Å². The fourth-order valence-corrected chi connectivity index (χ4v) is 11.8. The summed E-state index contributed by atoms with van der Waals surface area (Å²) >= 11 is 1.38. The van der Waals surface area contributed by atoms with Crippen molar-refractivity contribution >= 4 is 36.7 Å². The Morgan fingerprint density at radius 3 is 1.54 bits per heavy atom. The lowest BCUT2D eigenvalue weighted by atomic mass is 10.1. The monoisotopic (exact) mass is 1280 g/mol. The predicted octanol–water partition coefficient (Wildman–Crippen LogP) is 12.4. The molecule has 26 heteroatoms. The lowest BCUT2D eigenvalue weighted by Gasteiger charge is -2.16. The van der Waals surface area contributed by atoms with Crippen molar-refractivity contribution in [3.63, 3.8) is 0 Å². The van der Waals surface area contributed by atoms with Crippen LogP contribution < -0.4 is 0 Å². The summed E-state index contributed by atoms with van der Waals surface area (Å²) in [6.45, 7) is 9.94. The van der Waals surface area contributed by atoms with E-state index in [1.807, 2.05) is 105 Å². The lowest BCUT2D eigenvalue weighted by molar-refractivity contribution is 0.432. The second kappa shape index (κ2) is 27.3. The van der Waals surface area contributed by atoms with Gasteiger partial charge in [-0.2, -0.15) is 5.26 Å². The highest BCUT2D eigenvalue weighted by Crippen LogP contribution is 2.34. The van der Waals surface area contributed by atoms with Crippen molar-refractivity contribution in [1.29, 1.82) is 5.26 Å². The zero-order chi connectivity index (χ0) is 64.6. The first kappa shape index (κ1) is 63.2. The molecule has 0 radical (unpaired) electrons. The first-order chi connectivity index (χ1) is 43.6. The summed E-state index contributed by atoms with van der Waals surface area (Å²) in [5, 5.41) is 45.1. The minimum Gasteiger partial charge on any atom is -0.508 e. The Hall–Kier alpha value is -10.9. The zero-order valence-corrected chi connectivity index (χ0v) is 52.8. The van der Waals surface area contributed by atoms with Gasteiger partial charge in [0.15, 0.2) is 19.7 Å². The van der Waals surface area contributed by atoms with Gasteiger partial charge in [-0.3, -0.25) is 15.0 Å². The van der Waals surface area contributed by atoms with Crippen LogP contribution in [0, 0.1) is 32.1 Å². The maximum Gasteiger partial charge on any atom is 0.268 e. The summed E-state index contributed by atoms with van der Waals surface area (Å²) in [4.78, 5) is 32.0. The van der Waals surface area contributed by atoms with E-state index < -0.39 is 19.7 Å². The van der Waals surface area contributed by atoms with Gasteiger partial charge < -0.3 is 28.2 Å². The molecule has 5 aromatic carbocycles. The Kier molecular flexibility index (Phi) is 18.9. The van der Waals surface area contributed by atoms with Crippen LogP contribution in [0.25, 0.3) is 108 Å². The van der Waals surface area contributed by atoms with Crippen LogP contribution in [0.1, 0.15) is 33.9 Å². The molecule has 0 saturated heterocycles. The number of aryl methyl sites for hydroxylation is 3. The zero-order valence-electron chi connectivity index (χ0n) is 50.4. The summed E-state index contributed by atoms with van der Waals surface area (Å²) < 4.78 is 66.7. The SMILES string of the molecule is C=C(c1ccc(-c2cnc(C)c(-c3nnc(-c4sccc4C#N)o3)n2)cc1)N(C)C.Cc1ncc(-c2ccc(S(=O)(=O)CCN(C)C)cc2)nc1-c1nnc(-c2ccc(O)cc2)o1.Cc1ncc(-c2ccccc2S(C)(=O)=O)nc1-c1nnc(-c2ccccc2)o1.[HH].[HH].[HH].[HH]. The number of nitriles is 1. The van der Waals surface area contributed by atoms with E-state index in [0.717, 1.165) is 22.4 Å². The van der Waals surface area contributed by atoms with E-state index in [1.54, 1.807) is 93.0 Å². The number of benzene rings is 5. The number of hydrogen-bond acceptors (Lipinski definition) is 24. The molecule has 0 fully saturated rings. The molecule has 0 spiro atoms. The highest BCUT2D eigenvalue weighted by molar-refractivity contribution is 7.91. The molecule has 12 aromatic rings. The summed E-state index contributed by atoms with van der Waals surface area (Å²) in [5.41, 5.74) is 11.0. The number of sulfone groups is 2. The molecule has 0 unspecified atom stereocenters. The smallest absolute Gasteiger partial charge is 0.268 e. The van der Waals surface area contributed by atoms with Crippen LogP contribution in [0.3, 0.4) is 0 Å². The van der Waals surface area contributed by atoms with Gasteiger partial charge in [-0.1, -0.05) is 79.4 Å². The van der Waals surface area contributed by atoms with Crippen LogP contribution in [0.4, 0.5) is 0 Å². The molecule has 0 aliphatic rings. The van der Waals surface area contributed by atoms with Gasteiger partial charge >= 0.3 is 0 Å². The molecule has 12 rings (SSSR count). The van der Waals surface area contributed by atoms with Gasteiger partial charge in [-0.15, -0.1) is 41.9 Å². The van der Waals surface area contributed by atoms with Crippen LogP contribution in [0.2, 0.25) is 0 Å². The minimum atomic E-state index is -3.42. The summed E-state index contributed by atoms with van der Waals surface area (Å²) in [7, 11) is 0.809. The number of phenols is 1. The molecular weight excluding hydrogens is 1220 g/mol. The minimum absolute atomic E-state index is 0. The number of aromatic nitrogens is 12. The molecule has 466 valence electrons. The van der Waals surface area contributed by atoms with E-state index in [1.165, 1.54) is 35.9 Å². The molecule has 0 atom stereocenters. The molecule has 7 heterocycles. The first-order valence-corrected chi connectivity index (χ1v) is 32.2. The van der Waals surface area contributed by atoms with Gasteiger partial charge in [0.05, 0.1) is 73.9 Å². The van der Waals surface area contributed by atoms with E-state index in [-0.39, 0.29) is 44.7 Å².